The van der Waals surface area contributed by atoms with Crippen LogP contribution in [0, 0.1) is 0 Å². The quantitative estimate of drug-likeness (QED) is 0.740. The van der Waals surface area contributed by atoms with E-state index in [9.17, 15) is 8.42 Å². The van der Waals surface area contributed by atoms with Gasteiger partial charge < -0.3 is 4.90 Å². The zero-order valence-electron chi connectivity index (χ0n) is 15.4. The van der Waals surface area contributed by atoms with Crippen LogP contribution in [-0.2, 0) is 15.4 Å². The van der Waals surface area contributed by atoms with Gasteiger partial charge in [0.25, 0.3) is 0 Å². The Hall–Kier alpha value is -0.910. The molecule has 0 saturated heterocycles. The van der Waals surface area contributed by atoms with Gasteiger partial charge in [0.15, 0.2) is 0 Å². The van der Waals surface area contributed by atoms with Crippen LogP contribution in [-0.4, -0.2) is 46.3 Å². The molecule has 0 fully saturated rings. The Morgan fingerprint density at radius 1 is 1.13 bits per heavy atom. The standard InChI is InChI=1S/C18H32N2O2S/c1-15(14-23(21,22)19-12-7-13-20(5)6)16-8-10-17(11-9-16)18(2,3)4/h8-11,15,19H,7,12-14H2,1-6H3. The number of nitrogens with one attached hydrogen (secondary N) is 1. The lowest BCUT2D eigenvalue weighted by Gasteiger charge is -2.20. The maximum atomic E-state index is 12.2. The molecular weight excluding hydrogens is 308 g/mol. The van der Waals surface area contributed by atoms with Gasteiger partial charge in [0.1, 0.15) is 0 Å². The van der Waals surface area contributed by atoms with E-state index in [0.29, 0.717) is 6.54 Å². The monoisotopic (exact) mass is 340 g/mol. The van der Waals surface area contributed by atoms with Crippen LogP contribution in [0.1, 0.15) is 51.2 Å². The van der Waals surface area contributed by atoms with Crippen LogP contribution in [0.25, 0.3) is 0 Å². The van der Waals surface area contributed by atoms with Crippen molar-refractivity contribution in [1.29, 1.82) is 0 Å². The van der Waals surface area contributed by atoms with Crippen molar-refractivity contribution in [1.82, 2.24) is 9.62 Å². The summed E-state index contributed by atoms with van der Waals surface area (Å²) in [5, 5.41) is 0. The van der Waals surface area contributed by atoms with Crippen molar-refractivity contribution in [3.05, 3.63) is 35.4 Å². The lowest BCUT2D eigenvalue weighted by Crippen LogP contribution is -2.31. The Labute approximate surface area is 142 Å². The van der Waals surface area contributed by atoms with Crippen molar-refractivity contribution in [3.8, 4) is 0 Å². The zero-order chi connectivity index (χ0) is 17.7. The zero-order valence-corrected chi connectivity index (χ0v) is 16.2. The van der Waals surface area contributed by atoms with E-state index in [4.69, 9.17) is 0 Å². The van der Waals surface area contributed by atoms with E-state index in [1.165, 1.54) is 5.56 Å². The van der Waals surface area contributed by atoms with Crippen LogP contribution in [0.2, 0.25) is 0 Å². The number of hydrogen-bond donors (Lipinski definition) is 1. The van der Waals surface area contributed by atoms with Crippen LogP contribution in [0.15, 0.2) is 24.3 Å². The predicted molar refractivity (Wildman–Crippen MR) is 98.5 cm³/mol. The summed E-state index contributed by atoms with van der Waals surface area (Å²) < 4.78 is 27.0. The van der Waals surface area contributed by atoms with Gasteiger partial charge in [-0.05, 0) is 49.5 Å². The lowest BCUT2D eigenvalue weighted by atomic mass is 9.86. The Bertz CT molecular complexity index is 572. The molecule has 1 rings (SSSR count). The van der Waals surface area contributed by atoms with Crippen molar-refractivity contribution in [2.75, 3.05) is 32.9 Å². The first kappa shape index (κ1) is 20.1. The molecule has 132 valence electrons. The summed E-state index contributed by atoms with van der Waals surface area (Å²) in [7, 11) is 0.734. The minimum absolute atomic E-state index is 0.0182. The molecule has 1 unspecified atom stereocenters. The minimum atomic E-state index is -3.23. The van der Waals surface area contributed by atoms with Gasteiger partial charge in [-0.15, -0.1) is 0 Å². The van der Waals surface area contributed by atoms with Gasteiger partial charge in [0.2, 0.25) is 10.0 Å². The molecule has 0 aliphatic rings. The summed E-state index contributed by atoms with van der Waals surface area (Å²) in [6.07, 6.45) is 0.820. The smallest absolute Gasteiger partial charge is 0.212 e. The summed E-state index contributed by atoms with van der Waals surface area (Å²) in [5.74, 6) is 0.111. The van der Waals surface area contributed by atoms with Crippen molar-refractivity contribution in [3.63, 3.8) is 0 Å². The molecule has 5 heteroatoms. The van der Waals surface area contributed by atoms with Gasteiger partial charge in [-0.3, -0.25) is 0 Å². The Kier molecular flexibility index (Phi) is 7.24. The van der Waals surface area contributed by atoms with E-state index in [1.807, 2.05) is 38.1 Å². The molecule has 23 heavy (non-hydrogen) atoms. The van der Waals surface area contributed by atoms with Gasteiger partial charge in [-0.25, -0.2) is 13.1 Å². The predicted octanol–water partition coefficient (Wildman–Crippen LogP) is 2.96. The summed E-state index contributed by atoms with van der Waals surface area (Å²) in [5.41, 5.74) is 2.44. The van der Waals surface area contributed by atoms with Crippen LogP contribution in [0.5, 0.6) is 0 Å². The SMILES string of the molecule is CC(CS(=O)(=O)NCCCN(C)C)c1ccc(C(C)(C)C)cc1. The second-order valence-electron chi connectivity index (χ2n) is 7.61. The average molecular weight is 341 g/mol. The average Bonchev–Trinajstić information content (AvgIpc) is 2.42. The fourth-order valence-corrected chi connectivity index (χ4v) is 3.84. The summed E-state index contributed by atoms with van der Waals surface area (Å²) in [6.45, 7) is 9.86. The van der Waals surface area contributed by atoms with Crippen molar-refractivity contribution >= 4 is 10.0 Å². The molecule has 0 heterocycles. The Morgan fingerprint density at radius 3 is 2.17 bits per heavy atom. The van der Waals surface area contributed by atoms with Gasteiger partial charge in [0, 0.05) is 6.54 Å². The first-order valence-corrected chi connectivity index (χ1v) is 9.89. The molecule has 0 saturated carbocycles. The van der Waals surface area contributed by atoms with E-state index in [2.05, 4.69) is 37.6 Å². The first-order chi connectivity index (χ1) is 10.5. The molecule has 1 aromatic rings. The van der Waals surface area contributed by atoms with Crippen LogP contribution in [0.3, 0.4) is 0 Å². The Balaban J connectivity index is 2.59. The highest BCUT2D eigenvalue weighted by Gasteiger charge is 2.18. The molecule has 1 atom stereocenters. The van der Waals surface area contributed by atoms with E-state index in [1.54, 1.807) is 0 Å². The van der Waals surface area contributed by atoms with E-state index >= 15 is 0 Å². The number of sulfonamides is 1. The molecule has 0 spiro atoms. The normalized spacial score (nSPS) is 14.2. The highest BCUT2D eigenvalue weighted by atomic mass is 32.2. The van der Waals surface area contributed by atoms with Crippen LogP contribution < -0.4 is 4.72 Å². The number of hydrogen-bond acceptors (Lipinski definition) is 3. The number of rotatable bonds is 8. The van der Waals surface area contributed by atoms with E-state index in [-0.39, 0.29) is 17.1 Å². The molecule has 0 bridgehead atoms. The molecular formula is C18H32N2O2S. The van der Waals surface area contributed by atoms with Crippen LogP contribution in [0.4, 0.5) is 0 Å². The van der Waals surface area contributed by atoms with E-state index < -0.39 is 10.0 Å². The molecule has 1 N–H and O–H groups in total. The molecule has 1 aromatic carbocycles. The molecule has 0 aromatic heterocycles. The second kappa shape index (κ2) is 8.27. The first-order valence-electron chi connectivity index (χ1n) is 8.24. The van der Waals surface area contributed by atoms with Gasteiger partial charge in [-0.1, -0.05) is 52.0 Å². The van der Waals surface area contributed by atoms with Gasteiger partial charge in [0.05, 0.1) is 5.75 Å². The fraction of sp³-hybridized carbons (Fsp3) is 0.667. The van der Waals surface area contributed by atoms with Gasteiger partial charge >= 0.3 is 0 Å². The highest BCUT2D eigenvalue weighted by Crippen LogP contribution is 2.25. The summed E-state index contributed by atoms with van der Waals surface area (Å²) >= 11 is 0. The lowest BCUT2D eigenvalue weighted by molar-refractivity contribution is 0.400. The Morgan fingerprint density at radius 2 is 1.70 bits per heavy atom. The summed E-state index contributed by atoms with van der Waals surface area (Å²) in [4.78, 5) is 2.05. The maximum absolute atomic E-state index is 12.2. The van der Waals surface area contributed by atoms with Gasteiger partial charge in [-0.2, -0.15) is 0 Å². The highest BCUT2D eigenvalue weighted by molar-refractivity contribution is 7.89. The third kappa shape index (κ3) is 7.46. The molecule has 0 aliphatic heterocycles. The minimum Gasteiger partial charge on any atom is -0.309 e. The van der Waals surface area contributed by atoms with Crippen LogP contribution >= 0.6 is 0 Å². The largest absolute Gasteiger partial charge is 0.309 e. The number of nitrogens with zero attached hydrogens (tertiary/aromatic N) is 1. The van der Waals surface area contributed by atoms with E-state index in [0.717, 1.165) is 18.5 Å². The molecule has 0 radical (unpaired) electrons. The maximum Gasteiger partial charge on any atom is 0.212 e. The topological polar surface area (TPSA) is 49.4 Å². The molecule has 0 amide bonds. The van der Waals surface area contributed by atoms with Crippen molar-refractivity contribution in [2.45, 2.75) is 45.4 Å². The summed E-state index contributed by atoms with van der Waals surface area (Å²) in [6, 6.07) is 8.30. The fourth-order valence-electron chi connectivity index (χ4n) is 2.42. The molecule has 4 nitrogen and oxygen atoms in total. The number of benzene rings is 1. The second-order valence-corrected chi connectivity index (χ2v) is 9.46. The van der Waals surface area contributed by atoms with Crippen molar-refractivity contribution < 1.29 is 8.42 Å². The molecule has 0 aliphatic carbocycles. The third-order valence-electron chi connectivity index (χ3n) is 3.92. The van der Waals surface area contributed by atoms with Crippen molar-refractivity contribution in [2.24, 2.45) is 0 Å². The third-order valence-corrected chi connectivity index (χ3v) is 5.50.